The minimum atomic E-state index is -3.58. The summed E-state index contributed by atoms with van der Waals surface area (Å²) in [4.78, 5) is 12.1. The molecule has 9 heteroatoms. The molecule has 0 fully saturated rings. The number of amides is 2. The number of nitrogens with zero attached hydrogens (tertiary/aromatic N) is 1. The molecule has 0 saturated carbocycles. The highest BCUT2D eigenvalue weighted by atomic mass is 32.2. The third-order valence-corrected chi connectivity index (χ3v) is 6.84. The Hall–Kier alpha value is -2.10. The molecule has 2 aromatic carbocycles. The highest BCUT2D eigenvalue weighted by Gasteiger charge is 2.20. The normalized spacial score (nSPS) is 11.4. The number of hydrogen-bond acceptors (Lipinski definition) is 4. The minimum absolute atomic E-state index is 0.0947. The van der Waals surface area contributed by atoms with Crippen molar-refractivity contribution in [3.05, 3.63) is 65.5 Å². The quantitative estimate of drug-likeness (QED) is 0.606. The largest absolute Gasteiger partial charge is 0.337 e. The lowest BCUT2D eigenvalue weighted by Crippen LogP contribution is -2.36. The number of urea groups is 1. The second kappa shape index (κ2) is 10.4. The van der Waals surface area contributed by atoms with Gasteiger partial charge >= 0.3 is 6.03 Å². The van der Waals surface area contributed by atoms with Crippen LogP contribution in [0.3, 0.4) is 0 Å². The van der Waals surface area contributed by atoms with Gasteiger partial charge in [0.2, 0.25) is 10.0 Å². The van der Waals surface area contributed by atoms with Gasteiger partial charge in [0.1, 0.15) is 5.82 Å². The monoisotopic (exact) mass is 425 g/mol. The van der Waals surface area contributed by atoms with Crippen LogP contribution in [-0.4, -0.2) is 45.1 Å². The van der Waals surface area contributed by atoms with E-state index < -0.39 is 10.0 Å². The van der Waals surface area contributed by atoms with Crippen molar-refractivity contribution < 1.29 is 17.6 Å². The van der Waals surface area contributed by atoms with Gasteiger partial charge in [0.15, 0.2) is 0 Å². The summed E-state index contributed by atoms with van der Waals surface area (Å²) in [5.41, 5.74) is 1.15. The lowest BCUT2D eigenvalue weighted by atomic mass is 10.2. The summed E-state index contributed by atoms with van der Waals surface area (Å²) in [5, 5.41) is 5.38. The second-order valence-corrected chi connectivity index (χ2v) is 9.37. The van der Waals surface area contributed by atoms with Crippen molar-refractivity contribution in [1.29, 1.82) is 0 Å². The predicted octanol–water partition coefficient (Wildman–Crippen LogP) is 2.81. The molecular formula is C19H24FN3O3S2. The Morgan fingerprint density at radius 3 is 2.36 bits per heavy atom. The number of halogens is 1. The molecule has 0 radical (unpaired) electrons. The molecule has 2 rings (SSSR count). The van der Waals surface area contributed by atoms with Crippen molar-refractivity contribution in [1.82, 2.24) is 14.9 Å². The van der Waals surface area contributed by atoms with E-state index >= 15 is 0 Å². The zero-order chi connectivity index (χ0) is 20.6. The van der Waals surface area contributed by atoms with E-state index in [1.165, 1.54) is 38.0 Å². The number of nitrogens with one attached hydrogen (secondary N) is 2. The van der Waals surface area contributed by atoms with E-state index in [1.807, 2.05) is 0 Å². The van der Waals surface area contributed by atoms with E-state index in [9.17, 15) is 17.6 Å². The zero-order valence-electron chi connectivity index (χ0n) is 15.8. The molecule has 28 heavy (non-hydrogen) atoms. The van der Waals surface area contributed by atoms with E-state index in [-0.39, 0.29) is 23.3 Å². The molecule has 0 spiro atoms. The lowest BCUT2D eigenvalue weighted by molar-refractivity contribution is 0.241. The molecule has 0 aliphatic rings. The number of benzene rings is 2. The molecule has 0 saturated heterocycles. The minimum Gasteiger partial charge on any atom is -0.337 e. The predicted molar refractivity (Wildman–Crippen MR) is 110 cm³/mol. The first-order valence-electron chi connectivity index (χ1n) is 8.65. The van der Waals surface area contributed by atoms with Gasteiger partial charge in [-0.15, -0.1) is 0 Å². The molecule has 0 aliphatic heterocycles. The van der Waals surface area contributed by atoms with Crippen molar-refractivity contribution in [3.8, 4) is 0 Å². The molecule has 152 valence electrons. The summed E-state index contributed by atoms with van der Waals surface area (Å²) < 4.78 is 39.4. The highest BCUT2D eigenvalue weighted by Crippen LogP contribution is 2.18. The van der Waals surface area contributed by atoms with Crippen molar-refractivity contribution in [3.63, 3.8) is 0 Å². The number of rotatable bonds is 9. The lowest BCUT2D eigenvalue weighted by Gasteiger charge is -2.15. The first-order valence-corrected chi connectivity index (χ1v) is 11.2. The van der Waals surface area contributed by atoms with Gasteiger partial charge in [-0.25, -0.2) is 21.9 Å². The highest BCUT2D eigenvalue weighted by molar-refractivity contribution is 7.98. The third kappa shape index (κ3) is 6.22. The Morgan fingerprint density at radius 1 is 1.04 bits per heavy atom. The van der Waals surface area contributed by atoms with Crippen LogP contribution in [0, 0.1) is 5.82 Å². The van der Waals surface area contributed by atoms with Gasteiger partial charge in [0.25, 0.3) is 0 Å². The molecule has 0 bridgehead atoms. The third-order valence-electron chi connectivity index (χ3n) is 3.92. The summed E-state index contributed by atoms with van der Waals surface area (Å²) >= 11 is 1.52. The summed E-state index contributed by atoms with van der Waals surface area (Å²) in [5.74, 6) is 0.936. The van der Waals surface area contributed by atoms with Crippen LogP contribution in [0.2, 0.25) is 0 Å². The van der Waals surface area contributed by atoms with Gasteiger partial charge in [0.05, 0.1) is 4.90 Å². The van der Waals surface area contributed by atoms with Crippen LogP contribution in [0.15, 0.2) is 53.4 Å². The maximum Gasteiger partial charge on any atom is 0.315 e. The number of thioether (sulfide) groups is 1. The van der Waals surface area contributed by atoms with E-state index in [4.69, 9.17) is 0 Å². The molecule has 0 aromatic heterocycles. The Balaban J connectivity index is 1.77. The van der Waals surface area contributed by atoms with Crippen LogP contribution in [0.25, 0.3) is 0 Å². The molecule has 0 atom stereocenters. The van der Waals surface area contributed by atoms with Gasteiger partial charge < -0.3 is 10.6 Å². The molecule has 0 heterocycles. The number of hydrogen-bond donors (Lipinski definition) is 2. The van der Waals surface area contributed by atoms with Crippen LogP contribution in [0.4, 0.5) is 9.18 Å². The smallest absolute Gasteiger partial charge is 0.315 e. The van der Waals surface area contributed by atoms with Gasteiger partial charge in [-0.3, -0.25) is 0 Å². The zero-order valence-corrected chi connectivity index (χ0v) is 17.4. The molecule has 6 nitrogen and oxygen atoms in total. The van der Waals surface area contributed by atoms with E-state index in [1.54, 1.807) is 36.4 Å². The molecule has 2 aromatic rings. The van der Waals surface area contributed by atoms with Gasteiger partial charge in [-0.05, 0) is 23.3 Å². The fourth-order valence-corrected chi connectivity index (χ4v) is 4.33. The Morgan fingerprint density at radius 2 is 1.68 bits per heavy atom. The SMILES string of the molecule is CN(C)S(=O)(=O)c1ccccc1CNC(=O)NCCSCc1ccccc1F. The molecule has 0 aliphatic carbocycles. The second-order valence-electron chi connectivity index (χ2n) is 6.15. The van der Waals surface area contributed by atoms with E-state index in [0.29, 0.717) is 29.2 Å². The van der Waals surface area contributed by atoms with E-state index in [0.717, 1.165) is 4.31 Å². The first-order chi connectivity index (χ1) is 13.3. The van der Waals surface area contributed by atoms with Crippen LogP contribution in [-0.2, 0) is 22.3 Å². The van der Waals surface area contributed by atoms with Crippen LogP contribution >= 0.6 is 11.8 Å². The maximum atomic E-state index is 13.5. The number of sulfonamides is 1. The molecule has 2 N–H and O–H groups in total. The summed E-state index contributed by atoms with van der Waals surface area (Å²) in [6, 6.07) is 12.8. The van der Waals surface area contributed by atoms with E-state index in [2.05, 4.69) is 10.6 Å². The van der Waals surface area contributed by atoms with Gasteiger partial charge in [-0.2, -0.15) is 11.8 Å². The first kappa shape index (κ1) is 22.2. The number of carbonyl (C=O) groups excluding carboxylic acids is 1. The maximum absolute atomic E-state index is 13.5. The summed E-state index contributed by atoms with van der Waals surface area (Å²) in [6.45, 7) is 0.514. The van der Waals surface area contributed by atoms with Crippen molar-refractivity contribution in [2.45, 2.75) is 17.2 Å². The summed E-state index contributed by atoms with van der Waals surface area (Å²) in [6.07, 6.45) is 0. The Kier molecular flexibility index (Phi) is 8.28. The standard InChI is InChI=1S/C19H24FN3O3S2/c1-23(2)28(25,26)18-10-6-4-7-15(18)13-22-19(24)21-11-12-27-14-16-8-3-5-9-17(16)20/h3-10H,11-14H2,1-2H3,(H2,21,22,24). The average molecular weight is 426 g/mol. The van der Waals surface area contributed by atoms with Crippen LogP contribution in [0.1, 0.15) is 11.1 Å². The number of carbonyl (C=O) groups is 1. The van der Waals surface area contributed by atoms with Crippen molar-refractivity contribution >= 4 is 27.8 Å². The van der Waals surface area contributed by atoms with Crippen molar-refractivity contribution in [2.75, 3.05) is 26.4 Å². The topological polar surface area (TPSA) is 78.5 Å². The molecule has 2 amide bonds. The molecule has 0 unspecified atom stereocenters. The molecular weight excluding hydrogens is 401 g/mol. The summed E-state index contributed by atoms with van der Waals surface area (Å²) in [7, 11) is -0.655. The van der Waals surface area contributed by atoms with Crippen molar-refractivity contribution in [2.24, 2.45) is 0 Å². The van der Waals surface area contributed by atoms with Gasteiger partial charge in [0, 0.05) is 38.7 Å². The fourth-order valence-electron chi connectivity index (χ4n) is 2.37. The fraction of sp³-hybridized carbons (Fsp3) is 0.316. The van der Waals surface area contributed by atoms with Crippen LogP contribution < -0.4 is 10.6 Å². The Labute approximate surface area is 169 Å². The van der Waals surface area contributed by atoms with Crippen LogP contribution in [0.5, 0.6) is 0 Å². The Bertz CT molecular complexity index is 905. The van der Waals surface area contributed by atoms with Gasteiger partial charge in [-0.1, -0.05) is 36.4 Å². The average Bonchev–Trinajstić information content (AvgIpc) is 2.67.